The lowest BCUT2D eigenvalue weighted by molar-refractivity contribution is -0.131. The van der Waals surface area contributed by atoms with Crippen LogP contribution < -0.4 is 0 Å². The molecule has 1 aliphatic rings. The highest BCUT2D eigenvalue weighted by Gasteiger charge is 2.31. The summed E-state index contributed by atoms with van der Waals surface area (Å²) in [5.41, 5.74) is 0. The van der Waals surface area contributed by atoms with E-state index < -0.39 is 0 Å². The van der Waals surface area contributed by atoms with Gasteiger partial charge in [-0.2, -0.15) is 5.26 Å². The predicted molar refractivity (Wildman–Crippen MR) is 59.5 cm³/mol. The van der Waals surface area contributed by atoms with Gasteiger partial charge in [-0.05, 0) is 25.7 Å². The molecule has 0 heterocycles. The number of nitrogens with zero attached hydrogens (tertiary/aromatic N) is 2. The fraction of sp³-hybridized carbons (Fsp3) is 0.818. The first-order valence-corrected chi connectivity index (χ1v) is 6.05. The zero-order chi connectivity index (χ0) is 11.1. The average molecular weight is 229 g/mol. The standard InChI is InChI=1S/C11H17ClN2O/c12-7-2-1-4-11(15)14(9-3-8-13)10-5-6-10/h10H,1-7,9H2. The van der Waals surface area contributed by atoms with Gasteiger partial charge in [0.2, 0.25) is 5.91 Å². The molecule has 0 aromatic heterocycles. The zero-order valence-corrected chi connectivity index (χ0v) is 9.67. The first-order valence-electron chi connectivity index (χ1n) is 5.52. The summed E-state index contributed by atoms with van der Waals surface area (Å²) in [4.78, 5) is 13.7. The van der Waals surface area contributed by atoms with Crippen molar-refractivity contribution in [2.75, 3.05) is 12.4 Å². The molecule has 0 aromatic carbocycles. The van der Waals surface area contributed by atoms with E-state index in [0.717, 1.165) is 25.7 Å². The third kappa shape index (κ3) is 4.53. The maximum Gasteiger partial charge on any atom is 0.222 e. The maximum absolute atomic E-state index is 11.8. The van der Waals surface area contributed by atoms with Gasteiger partial charge in [0.05, 0.1) is 12.5 Å². The monoisotopic (exact) mass is 228 g/mol. The lowest BCUT2D eigenvalue weighted by Crippen LogP contribution is -2.33. The number of hydrogen-bond donors (Lipinski definition) is 0. The maximum atomic E-state index is 11.8. The summed E-state index contributed by atoms with van der Waals surface area (Å²) >= 11 is 5.56. The van der Waals surface area contributed by atoms with Crippen LogP contribution in [-0.4, -0.2) is 29.3 Å². The highest BCUT2D eigenvalue weighted by Crippen LogP contribution is 2.27. The van der Waals surface area contributed by atoms with Crippen molar-refractivity contribution in [3.63, 3.8) is 0 Å². The van der Waals surface area contributed by atoms with E-state index in [1.807, 2.05) is 4.90 Å². The SMILES string of the molecule is N#CCCN(C(=O)CCCCCl)C1CC1. The normalized spacial score (nSPS) is 14.7. The molecule has 0 radical (unpaired) electrons. The fourth-order valence-corrected chi connectivity index (χ4v) is 1.77. The van der Waals surface area contributed by atoms with E-state index in [2.05, 4.69) is 6.07 Å². The molecular weight excluding hydrogens is 212 g/mol. The van der Waals surface area contributed by atoms with Crippen molar-refractivity contribution in [2.24, 2.45) is 0 Å². The van der Waals surface area contributed by atoms with Gasteiger partial charge in [-0.1, -0.05) is 0 Å². The molecule has 4 heteroatoms. The molecule has 0 bridgehead atoms. The number of halogens is 1. The van der Waals surface area contributed by atoms with Gasteiger partial charge in [-0.25, -0.2) is 0 Å². The molecule has 0 N–H and O–H groups in total. The van der Waals surface area contributed by atoms with Crippen molar-refractivity contribution in [1.29, 1.82) is 5.26 Å². The summed E-state index contributed by atoms with van der Waals surface area (Å²) in [6.07, 6.45) is 4.98. The summed E-state index contributed by atoms with van der Waals surface area (Å²) in [6.45, 7) is 0.598. The Hall–Kier alpha value is -0.750. The van der Waals surface area contributed by atoms with Gasteiger partial charge in [0, 0.05) is 24.9 Å². The molecule has 0 spiro atoms. The Morgan fingerprint density at radius 3 is 2.73 bits per heavy atom. The average Bonchev–Trinajstić information content (AvgIpc) is 3.03. The molecule has 84 valence electrons. The van der Waals surface area contributed by atoms with Crippen LogP contribution in [0.5, 0.6) is 0 Å². The molecular formula is C11H17ClN2O. The van der Waals surface area contributed by atoms with Crippen LogP contribution in [0.2, 0.25) is 0 Å². The molecule has 1 amide bonds. The predicted octanol–water partition coefficient (Wildman–Crippen LogP) is 2.30. The van der Waals surface area contributed by atoms with E-state index in [-0.39, 0.29) is 5.91 Å². The molecule has 0 aliphatic heterocycles. The second-order valence-electron chi connectivity index (χ2n) is 3.87. The van der Waals surface area contributed by atoms with Crippen LogP contribution in [0.25, 0.3) is 0 Å². The third-order valence-corrected chi connectivity index (χ3v) is 2.81. The highest BCUT2D eigenvalue weighted by atomic mass is 35.5. The fourth-order valence-electron chi connectivity index (χ4n) is 1.58. The van der Waals surface area contributed by atoms with Crippen molar-refractivity contribution < 1.29 is 4.79 Å². The molecule has 1 saturated carbocycles. The van der Waals surface area contributed by atoms with E-state index in [1.165, 1.54) is 0 Å². The number of rotatable bonds is 7. The Labute approximate surface area is 96.0 Å². The van der Waals surface area contributed by atoms with Gasteiger partial charge in [0.15, 0.2) is 0 Å². The Morgan fingerprint density at radius 2 is 2.20 bits per heavy atom. The Kier molecular flexibility index (Phi) is 5.49. The molecule has 0 atom stereocenters. The summed E-state index contributed by atoms with van der Waals surface area (Å²) < 4.78 is 0. The number of nitriles is 1. The first-order chi connectivity index (χ1) is 7.29. The minimum Gasteiger partial charge on any atom is -0.339 e. The lowest BCUT2D eigenvalue weighted by Gasteiger charge is -2.21. The van der Waals surface area contributed by atoms with Crippen LogP contribution in [0.3, 0.4) is 0 Å². The van der Waals surface area contributed by atoms with Crippen molar-refractivity contribution in [2.45, 2.75) is 44.6 Å². The minimum atomic E-state index is 0.192. The van der Waals surface area contributed by atoms with E-state index in [0.29, 0.717) is 31.3 Å². The van der Waals surface area contributed by atoms with Crippen molar-refractivity contribution in [3.8, 4) is 6.07 Å². The van der Waals surface area contributed by atoms with Crippen LogP contribution in [-0.2, 0) is 4.79 Å². The van der Waals surface area contributed by atoms with E-state index >= 15 is 0 Å². The van der Waals surface area contributed by atoms with E-state index in [4.69, 9.17) is 16.9 Å². The zero-order valence-electron chi connectivity index (χ0n) is 8.91. The molecule has 1 rings (SSSR count). The largest absolute Gasteiger partial charge is 0.339 e. The highest BCUT2D eigenvalue weighted by molar-refractivity contribution is 6.17. The van der Waals surface area contributed by atoms with E-state index in [1.54, 1.807) is 0 Å². The summed E-state index contributed by atoms with van der Waals surface area (Å²) in [7, 11) is 0. The summed E-state index contributed by atoms with van der Waals surface area (Å²) in [6, 6.07) is 2.51. The molecule has 1 aliphatic carbocycles. The number of amides is 1. The second-order valence-corrected chi connectivity index (χ2v) is 4.25. The first kappa shape index (κ1) is 12.3. The number of carbonyl (C=O) groups excluding carboxylic acids is 1. The minimum absolute atomic E-state index is 0.192. The van der Waals surface area contributed by atoms with Gasteiger partial charge < -0.3 is 4.90 Å². The molecule has 15 heavy (non-hydrogen) atoms. The number of hydrogen-bond acceptors (Lipinski definition) is 2. The topological polar surface area (TPSA) is 44.1 Å². The van der Waals surface area contributed by atoms with Crippen molar-refractivity contribution in [1.82, 2.24) is 4.90 Å². The van der Waals surface area contributed by atoms with Gasteiger partial charge in [0.1, 0.15) is 0 Å². The lowest BCUT2D eigenvalue weighted by atomic mass is 10.2. The van der Waals surface area contributed by atoms with Crippen LogP contribution in [0.1, 0.15) is 38.5 Å². The Balaban J connectivity index is 2.28. The van der Waals surface area contributed by atoms with Crippen LogP contribution in [0, 0.1) is 11.3 Å². The van der Waals surface area contributed by atoms with Gasteiger partial charge in [-0.15, -0.1) is 11.6 Å². The van der Waals surface area contributed by atoms with Gasteiger partial charge in [-0.3, -0.25) is 4.79 Å². The number of unbranched alkanes of at least 4 members (excludes halogenated alkanes) is 1. The number of alkyl halides is 1. The smallest absolute Gasteiger partial charge is 0.222 e. The molecule has 3 nitrogen and oxygen atoms in total. The summed E-state index contributed by atoms with van der Waals surface area (Å²) in [5, 5.41) is 8.51. The molecule has 1 fully saturated rings. The summed E-state index contributed by atoms with van der Waals surface area (Å²) in [5.74, 6) is 0.812. The van der Waals surface area contributed by atoms with Crippen molar-refractivity contribution in [3.05, 3.63) is 0 Å². The molecule has 0 unspecified atom stereocenters. The quantitative estimate of drug-likeness (QED) is 0.496. The van der Waals surface area contributed by atoms with Crippen molar-refractivity contribution >= 4 is 17.5 Å². The van der Waals surface area contributed by atoms with Gasteiger partial charge >= 0.3 is 0 Å². The Morgan fingerprint density at radius 1 is 1.47 bits per heavy atom. The second kappa shape index (κ2) is 6.68. The van der Waals surface area contributed by atoms with Crippen LogP contribution >= 0.6 is 11.6 Å². The molecule has 0 aromatic rings. The third-order valence-electron chi connectivity index (χ3n) is 2.55. The molecule has 0 saturated heterocycles. The van der Waals surface area contributed by atoms with Crippen LogP contribution in [0.4, 0.5) is 0 Å². The number of carbonyl (C=O) groups is 1. The Bertz CT molecular complexity index is 245. The van der Waals surface area contributed by atoms with Crippen LogP contribution in [0.15, 0.2) is 0 Å². The van der Waals surface area contributed by atoms with E-state index in [9.17, 15) is 4.79 Å². The van der Waals surface area contributed by atoms with Gasteiger partial charge in [0.25, 0.3) is 0 Å².